The van der Waals surface area contributed by atoms with Gasteiger partial charge in [0.05, 0.1) is 169 Å². The fourth-order valence-corrected chi connectivity index (χ4v) is 1.38. The average molecular weight is 703 g/mol. The first-order chi connectivity index (χ1) is 15.7. The van der Waals surface area contributed by atoms with Crippen LogP contribution in [0.5, 0.6) is 0 Å². The van der Waals surface area contributed by atoms with Gasteiger partial charge in [0.2, 0.25) is 0 Å². The highest BCUT2D eigenvalue weighted by atomic mass is 28.5. The molecule has 0 aromatic heterocycles. The van der Waals surface area contributed by atoms with E-state index >= 15 is 0 Å². The average Bonchev–Trinajstić information content (AvgIpc) is 2.17. The Labute approximate surface area is 274 Å². The first-order valence-electron chi connectivity index (χ1n) is 12.4. The number of hydrogen-bond donors (Lipinski definition) is 0. The van der Waals surface area contributed by atoms with Gasteiger partial charge in [-0.3, -0.25) is 0 Å². The van der Waals surface area contributed by atoms with E-state index in [0.29, 0.717) is 0 Å². The predicted octanol–water partition coefficient (Wildman–Crippen LogP) is -10.2. The van der Waals surface area contributed by atoms with Crippen LogP contribution in [0.25, 0.3) is 0 Å². The number of hydrogen-bond acceptors (Lipinski definition) is 7. The van der Waals surface area contributed by atoms with Crippen LogP contribution >= 0.6 is 0 Å². The SMILES string of the molecule is C[N+](C)(C)C.C[N+](C)(C)C.C[N+](C)(C)C.C[N+](C)(C)C.C[N+](C)(C)C.C[N+](C)(C)C.O.O.O.O.O.[O-][Si]([O-])([O-])O[Si]([O-])([O-])[O-]. The van der Waals surface area contributed by atoms with Crippen molar-refractivity contribution < 1.29 is 87.2 Å². The van der Waals surface area contributed by atoms with Crippen LogP contribution in [-0.2, 0) is 4.12 Å². The van der Waals surface area contributed by atoms with Crippen molar-refractivity contribution in [2.75, 3.05) is 169 Å². The highest BCUT2D eigenvalue weighted by Gasteiger charge is 1.90. The van der Waals surface area contributed by atoms with Crippen LogP contribution in [0.2, 0.25) is 0 Å². The van der Waals surface area contributed by atoms with E-state index in [9.17, 15) is 28.8 Å². The Morgan fingerprint density at radius 1 is 0.250 bits per heavy atom. The molecular formula is C24H82N6O12Si2. The third-order valence-corrected chi connectivity index (χ3v) is 2.25. The lowest BCUT2D eigenvalue weighted by Crippen LogP contribution is -2.87. The molecule has 0 rings (SSSR count). The molecule has 18 nitrogen and oxygen atoms in total. The zero-order valence-electron chi connectivity index (χ0n) is 33.0. The van der Waals surface area contributed by atoms with Crippen molar-refractivity contribution in [1.29, 1.82) is 0 Å². The molecule has 0 spiro atoms. The highest BCUT2D eigenvalue weighted by molar-refractivity contribution is 6.58. The second-order valence-electron chi connectivity index (χ2n) is 17.2. The first-order valence-corrected chi connectivity index (χ1v) is 15.6. The fourth-order valence-electron chi connectivity index (χ4n) is 0.153. The minimum absolute atomic E-state index is 0. The van der Waals surface area contributed by atoms with Crippen molar-refractivity contribution in [1.82, 2.24) is 0 Å². The Balaban J connectivity index is -0.0000000270. The maximum Gasteiger partial charge on any atom is 0.0675 e. The minimum atomic E-state index is -5.92. The van der Waals surface area contributed by atoms with Gasteiger partial charge in [0.25, 0.3) is 0 Å². The Bertz CT molecular complexity index is 403. The fraction of sp³-hybridized carbons (Fsp3) is 1.00. The van der Waals surface area contributed by atoms with Crippen LogP contribution in [0.1, 0.15) is 0 Å². The first kappa shape index (κ1) is 79.3. The number of rotatable bonds is 2. The van der Waals surface area contributed by atoms with Gasteiger partial charge in [-0.2, -0.15) is 0 Å². The molecule has 0 aromatic rings. The number of quaternary nitrogens is 6. The summed E-state index contributed by atoms with van der Waals surface area (Å²) in [6.07, 6.45) is 0. The van der Waals surface area contributed by atoms with Crippen molar-refractivity contribution in [3.8, 4) is 0 Å². The minimum Gasteiger partial charge on any atom is -0.862 e. The van der Waals surface area contributed by atoms with Gasteiger partial charge in [-0.15, -0.1) is 18.1 Å². The lowest BCUT2D eigenvalue weighted by Gasteiger charge is -2.70. The maximum atomic E-state index is 9.36. The molecule has 0 fully saturated rings. The van der Waals surface area contributed by atoms with Crippen molar-refractivity contribution in [3.05, 3.63) is 0 Å². The molecule has 0 atom stereocenters. The monoisotopic (exact) mass is 703 g/mol. The molecule has 44 heavy (non-hydrogen) atoms. The lowest BCUT2D eigenvalue weighted by molar-refractivity contribution is -0.849. The van der Waals surface area contributed by atoms with Gasteiger partial charge in [0, 0.05) is 0 Å². The van der Waals surface area contributed by atoms with E-state index in [1.807, 2.05) is 0 Å². The Hall–Kier alpha value is -0.286. The zero-order chi connectivity index (χ0) is 34.7. The molecule has 20 heteroatoms. The molecule has 0 amide bonds. The van der Waals surface area contributed by atoms with Crippen LogP contribution in [0.15, 0.2) is 0 Å². The van der Waals surface area contributed by atoms with E-state index in [2.05, 4.69) is 173 Å². The molecule has 0 bridgehead atoms. The summed E-state index contributed by atoms with van der Waals surface area (Å²) in [5.74, 6) is 0. The van der Waals surface area contributed by atoms with E-state index in [4.69, 9.17) is 0 Å². The molecule has 0 saturated carbocycles. The van der Waals surface area contributed by atoms with E-state index in [0.717, 1.165) is 26.9 Å². The van der Waals surface area contributed by atoms with Crippen molar-refractivity contribution in [2.24, 2.45) is 0 Å². The third-order valence-electron chi connectivity index (χ3n) is 0.250. The van der Waals surface area contributed by atoms with Crippen molar-refractivity contribution in [3.63, 3.8) is 0 Å². The maximum absolute atomic E-state index is 9.36. The van der Waals surface area contributed by atoms with Crippen molar-refractivity contribution >= 4 is 18.1 Å². The van der Waals surface area contributed by atoms with E-state index < -0.39 is 18.1 Å². The van der Waals surface area contributed by atoms with Crippen LogP contribution in [0.3, 0.4) is 0 Å². The molecular weight excluding hydrogens is 620 g/mol. The highest BCUT2D eigenvalue weighted by Crippen LogP contribution is 1.77. The summed E-state index contributed by atoms with van der Waals surface area (Å²) in [6, 6.07) is 0. The lowest BCUT2D eigenvalue weighted by atomic mass is 10.8. The summed E-state index contributed by atoms with van der Waals surface area (Å²) in [7, 11) is 39.2. The summed E-state index contributed by atoms with van der Waals surface area (Å²) in [5, 5.41) is 0. The molecule has 0 radical (unpaired) electrons. The quantitative estimate of drug-likeness (QED) is 0.197. The zero-order valence-corrected chi connectivity index (χ0v) is 35.0. The van der Waals surface area contributed by atoms with Crippen molar-refractivity contribution in [2.45, 2.75) is 0 Å². The van der Waals surface area contributed by atoms with Gasteiger partial charge in [0.15, 0.2) is 0 Å². The van der Waals surface area contributed by atoms with E-state index in [1.54, 1.807) is 0 Å². The summed E-state index contributed by atoms with van der Waals surface area (Å²) in [6.45, 7) is 0. The van der Waals surface area contributed by atoms with Crippen LogP contribution in [0.4, 0.5) is 0 Å². The second kappa shape index (κ2) is 31.3. The molecule has 0 aromatic carbocycles. The standard InChI is InChI=1S/6C4H12N.O7Si2.5H2O/c6*1-5(2,3)4;1-8(2,3)7-9(4,5)6;;;;;/h6*1-4H3;;5*1H2/q6*+1;-6;;;;;. The summed E-state index contributed by atoms with van der Waals surface area (Å²) >= 11 is 0. The van der Waals surface area contributed by atoms with Gasteiger partial charge in [-0.1, -0.05) is 0 Å². The molecule has 0 aliphatic carbocycles. The molecule has 288 valence electrons. The van der Waals surface area contributed by atoms with Crippen LogP contribution in [0, 0.1) is 0 Å². The molecule has 0 aliphatic heterocycles. The normalized spacial score (nSPS) is 11.0. The molecule has 0 aliphatic rings. The second-order valence-corrected chi connectivity index (χ2v) is 20.0. The van der Waals surface area contributed by atoms with Gasteiger partial charge in [-0.05, 0) is 0 Å². The van der Waals surface area contributed by atoms with Crippen LogP contribution in [-0.4, -0.2) is 242 Å². The predicted molar refractivity (Wildman–Crippen MR) is 174 cm³/mol. The van der Waals surface area contributed by atoms with E-state index in [-0.39, 0.29) is 27.4 Å². The van der Waals surface area contributed by atoms with E-state index in [1.165, 1.54) is 0 Å². The van der Waals surface area contributed by atoms with Gasteiger partial charge >= 0.3 is 0 Å². The Morgan fingerprint density at radius 3 is 0.295 bits per heavy atom. The Kier molecular flexibility index (Phi) is 56.4. The summed E-state index contributed by atoms with van der Waals surface area (Å²) in [4.78, 5) is 56.2. The topological polar surface area (TPSA) is 305 Å². The van der Waals surface area contributed by atoms with Gasteiger partial charge in [0.1, 0.15) is 0 Å². The largest absolute Gasteiger partial charge is 0.862 e. The third kappa shape index (κ3) is 2120. The number of nitrogens with zero attached hydrogens (tertiary/aromatic N) is 6. The van der Waals surface area contributed by atoms with Crippen LogP contribution < -0.4 is 28.8 Å². The Morgan fingerprint density at radius 2 is 0.295 bits per heavy atom. The van der Waals surface area contributed by atoms with Gasteiger partial charge in [-0.25, -0.2) is 0 Å². The molecule has 0 saturated heterocycles. The molecule has 10 N–H and O–H groups in total. The van der Waals surface area contributed by atoms with Gasteiger partial charge < -0.3 is 87.2 Å². The molecule has 0 heterocycles. The summed E-state index contributed by atoms with van der Waals surface area (Å²) < 4.78 is 8.57. The molecule has 0 unspecified atom stereocenters. The smallest absolute Gasteiger partial charge is 0.0675 e. The summed E-state index contributed by atoms with van der Waals surface area (Å²) in [5.41, 5.74) is 0.